The average Bonchev–Trinajstić information content (AvgIpc) is 2.56. The number of anilines is 1. The fourth-order valence-corrected chi connectivity index (χ4v) is 2.71. The summed E-state index contributed by atoms with van der Waals surface area (Å²) in [6.45, 7) is 4.45. The second-order valence-corrected chi connectivity index (χ2v) is 6.09. The van der Waals surface area contributed by atoms with E-state index in [2.05, 4.69) is 27.6 Å². The summed E-state index contributed by atoms with van der Waals surface area (Å²) in [5.74, 6) is 0.810. The van der Waals surface area contributed by atoms with Gasteiger partial charge in [0.1, 0.15) is 10.8 Å². The number of benzene rings is 2. The van der Waals surface area contributed by atoms with E-state index in [9.17, 15) is 4.79 Å². The fraction of sp³-hybridized carbons (Fsp3) is 0.222. The Balaban J connectivity index is 2.00. The smallest absolute Gasteiger partial charge is 0.285 e. The van der Waals surface area contributed by atoms with Crippen LogP contribution in [0.5, 0.6) is 5.75 Å². The molecule has 0 unspecified atom stereocenters. The highest BCUT2D eigenvalue weighted by molar-refractivity contribution is 6.32. The largest absolute Gasteiger partial charge is 0.491 e. The van der Waals surface area contributed by atoms with Crippen molar-refractivity contribution in [2.75, 3.05) is 5.32 Å². The maximum atomic E-state index is 11.6. The summed E-state index contributed by atoms with van der Waals surface area (Å²) in [4.78, 5) is 11.6. The summed E-state index contributed by atoms with van der Waals surface area (Å²) < 4.78 is 5.94. The van der Waals surface area contributed by atoms with Crippen LogP contribution >= 0.6 is 11.6 Å². The van der Waals surface area contributed by atoms with Gasteiger partial charge in [-0.2, -0.15) is 5.10 Å². The number of aromatic amines is 1. The van der Waals surface area contributed by atoms with Gasteiger partial charge in [-0.3, -0.25) is 4.79 Å². The summed E-state index contributed by atoms with van der Waals surface area (Å²) in [7, 11) is 0. The highest BCUT2D eigenvalue weighted by Gasteiger charge is 2.12. The molecule has 0 aliphatic carbocycles. The Hall–Kier alpha value is -2.53. The molecule has 0 fully saturated rings. The Morgan fingerprint density at radius 1 is 1.25 bits per heavy atom. The van der Waals surface area contributed by atoms with Gasteiger partial charge in [-0.25, -0.2) is 5.10 Å². The number of hydrogen-bond donors (Lipinski definition) is 2. The van der Waals surface area contributed by atoms with Crippen molar-refractivity contribution in [1.29, 1.82) is 0 Å². The summed E-state index contributed by atoms with van der Waals surface area (Å²) in [6.07, 6.45) is 1.56. The van der Waals surface area contributed by atoms with Gasteiger partial charge in [0.25, 0.3) is 5.56 Å². The number of fused-ring (bicyclic) bond motifs is 1. The lowest BCUT2D eigenvalue weighted by Gasteiger charge is -2.17. The first-order valence-corrected chi connectivity index (χ1v) is 8.08. The molecule has 0 radical (unpaired) electrons. The standard InChI is InChI=1S/C18H18ClN3O2/c1-11(2)24-16-8-7-12-5-3-4-6-13(12)14(16)9-20-15-10-21-22-18(23)17(15)19/h3-8,10-11H,9H2,1-2H3,(H2,20,22,23). The van der Waals surface area contributed by atoms with Crippen LogP contribution in [0.1, 0.15) is 19.4 Å². The van der Waals surface area contributed by atoms with Gasteiger partial charge < -0.3 is 10.1 Å². The second kappa shape index (κ2) is 6.93. The molecule has 0 aliphatic heterocycles. The third kappa shape index (κ3) is 3.36. The Morgan fingerprint density at radius 3 is 2.83 bits per heavy atom. The number of nitrogens with one attached hydrogen (secondary N) is 2. The monoisotopic (exact) mass is 343 g/mol. The van der Waals surface area contributed by atoms with E-state index in [0.717, 1.165) is 22.1 Å². The van der Waals surface area contributed by atoms with E-state index in [1.165, 1.54) is 6.20 Å². The molecule has 5 nitrogen and oxygen atoms in total. The number of halogens is 1. The molecule has 0 saturated carbocycles. The molecule has 3 aromatic rings. The third-order valence-corrected chi connectivity index (χ3v) is 3.99. The highest BCUT2D eigenvalue weighted by Crippen LogP contribution is 2.30. The van der Waals surface area contributed by atoms with Crippen LogP contribution in [0.2, 0.25) is 5.02 Å². The van der Waals surface area contributed by atoms with Crippen molar-refractivity contribution in [3.05, 3.63) is 63.5 Å². The highest BCUT2D eigenvalue weighted by atomic mass is 35.5. The van der Waals surface area contributed by atoms with Crippen LogP contribution in [0.4, 0.5) is 5.69 Å². The molecule has 6 heteroatoms. The van der Waals surface area contributed by atoms with Crippen LogP contribution < -0.4 is 15.6 Å². The summed E-state index contributed by atoms with van der Waals surface area (Å²) in [5, 5.41) is 11.6. The third-order valence-electron chi connectivity index (χ3n) is 3.61. The van der Waals surface area contributed by atoms with E-state index < -0.39 is 5.56 Å². The van der Waals surface area contributed by atoms with Crippen molar-refractivity contribution >= 4 is 28.1 Å². The minimum Gasteiger partial charge on any atom is -0.491 e. The van der Waals surface area contributed by atoms with Gasteiger partial charge in [0.2, 0.25) is 0 Å². The number of aromatic nitrogens is 2. The van der Waals surface area contributed by atoms with Gasteiger partial charge in [0, 0.05) is 12.1 Å². The zero-order valence-electron chi connectivity index (χ0n) is 13.5. The molecule has 0 aliphatic rings. The molecule has 0 atom stereocenters. The number of rotatable bonds is 5. The molecule has 3 rings (SSSR count). The first-order valence-electron chi connectivity index (χ1n) is 7.70. The van der Waals surface area contributed by atoms with Crippen LogP contribution in [0.3, 0.4) is 0 Å². The normalized spacial score (nSPS) is 11.0. The molecule has 124 valence electrons. The van der Waals surface area contributed by atoms with Gasteiger partial charge in [0.15, 0.2) is 0 Å². The first kappa shape index (κ1) is 16.3. The minimum atomic E-state index is -0.418. The molecule has 1 aromatic heterocycles. The van der Waals surface area contributed by atoms with Crippen LogP contribution in [-0.4, -0.2) is 16.3 Å². The van der Waals surface area contributed by atoms with Crippen molar-refractivity contribution in [3.63, 3.8) is 0 Å². The molecule has 0 saturated heterocycles. The average molecular weight is 344 g/mol. The fourth-order valence-electron chi connectivity index (χ4n) is 2.55. The van der Waals surface area contributed by atoms with Crippen LogP contribution in [0.25, 0.3) is 10.8 Å². The Labute approximate surface area is 144 Å². The van der Waals surface area contributed by atoms with E-state index in [4.69, 9.17) is 16.3 Å². The van der Waals surface area contributed by atoms with E-state index in [1.54, 1.807) is 0 Å². The van der Waals surface area contributed by atoms with Crippen molar-refractivity contribution in [2.24, 2.45) is 0 Å². The maximum absolute atomic E-state index is 11.6. The van der Waals surface area contributed by atoms with E-state index in [1.807, 2.05) is 38.1 Å². The van der Waals surface area contributed by atoms with E-state index in [-0.39, 0.29) is 11.1 Å². The van der Waals surface area contributed by atoms with Crippen molar-refractivity contribution in [1.82, 2.24) is 10.2 Å². The van der Waals surface area contributed by atoms with Gasteiger partial charge in [0.05, 0.1) is 18.0 Å². The minimum absolute atomic E-state index is 0.0646. The quantitative estimate of drug-likeness (QED) is 0.735. The van der Waals surface area contributed by atoms with Crippen LogP contribution in [0.15, 0.2) is 47.4 Å². The van der Waals surface area contributed by atoms with Gasteiger partial charge >= 0.3 is 0 Å². The molecule has 0 spiro atoms. The molecular weight excluding hydrogens is 326 g/mol. The lowest BCUT2D eigenvalue weighted by atomic mass is 10.0. The zero-order valence-corrected chi connectivity index (χ0v) is 14.2. The van der Waals surface area contributed by atoms with Crippen LogP contribution in [0, 0.1) is 0 Å². The summed E-state index contributed by atoms with van der Waals surface area (Å²) in [6, 6.07) is 12.1. The summed E-state index contributed by atoms with van der Waals surface area (Å²) >= 11 is 6.02. The van der Waals surface area contributed by atoms with E-state index in [0.29, 0.717) is 12.2 Å². The molecule has 0 bridgehead atoms. The predicted molar refractivity (Wildman–Crippen MR) is 96.9 cm³/mol. The Kier molecular flexibility index (Phi) is 4.71. The zero-order chi connectivity index (χ0) is 17.1. The maximum Gasteiger partial charge on any atom is 0.285 e. The molecule has 0 amide bonds. The van der Waals surface area contributed by atoms with Gasteiger partial charge in [-0.15, -0.1) is 0 Å². The molecule has 24 heavy (non-hydrogen) atoms. The summed E-state index contributed by atoms with van der Waals surface area (Å²) in [5.41, 5.74) is 1.08. The van der Waals surface area contributed by atoms with Crippen molar-refractivity contribution < 1.29 is 4.74 Å². The van der Waals surface area contributed by atoms with Crippen molar-refractivity contribution in [3.8, 4) is 5.75 Å². The molecular formula is C18H18ClN3O2. The second-order valence-electron chi connectivity index (χ2n) is 5.71. The molecule has 2 aromatic carbocycles. The number of H-pyrrole nitrogens is 1. The lowest BCUT2D eigenvalue weighted by molar-refractivity contribution is 0.240. The Bertz CT molecular complexity index is 922. The SMILES string of the molecule is CC(C)Oc1ccc2ccccc2c1CNc1cn[nH]c(=O)c1Cl. The van der Waals surface area contributed by atoms with Crippen LogP contribution in [-0.2, 0) is 6.54 Å². The van der Waals surface area contributed by atoms with Gasteiger partial charge in [-0.05, 0) is 30.7 Å². The predicted octanol–water partition coefficient (Wildman–Crippen LogP) is 3.98. The van der Waals surface area contributed by atoms with E-state index >= 15 is 0 Å². The molecule has 1 heterocycles. The number of nitrogens with zero attached hydrogens (tertiary/aromatic N) is 1. The topological polar surface area (TPSA) is 67.0 Å². The van der Waals surface area contributed by atoms with Gasteiger partial charge in [-0.1, -0.05) is 41.9 Å². The first-order chi connectivity index (χ1) is 11.6. The number of hydrogen-bond acceptors (Lipinski definition) is 4. The number of ether oxygens (including phenoxy) is 1. The lowest BCUT2D eigenvalue weighted by Crippen LogP contribution is -2.13. The van der Waals surface area contributed by atoms with Crippen molar-refractivity contribution in [2.45, 2.75) is 26.5 Å². The molecule has 2 N–H and O–H groups in total. The Morgan fingerprint density at radius 2 is 2.04 bits per heavy atom.